The second-order valence-corrected chi connectivity index (χ2v) is 5.09. The molecule has 1 aliphatic rings. The van der Waals surface area contributed by atoms with Gasteiger partial charge in [0.2, 0.25) is 0 Å². The summed E-state index contributed by atoms with van der Waals surface area (Å²) in [5.41, 5.74) is -0.180. The van der Waals surface area contributed by atoms with Gasteiger partial charge in [0.15, 0.2) is 0 Å². The Kier molecular flexibility index (Phi) is 4.38. The largest absolute Gasteiger partial charge is 0.480 e. The van der Waals surface area contributed by atoms with Gasteiger partial charge in [0.05, 0.1) is 0 Å². The highest BCUT2D eigenvalue weighted by atomic mass is 16.4. The number of nitrogens with zero attached hydrogens (tertiary/aromatic N) is 2. The summed E-state index contributed by atoms with van der Waals surface area (Å²) in [6.07, 6.45) is 1.25. The van der Waals surface area contributed by atoms with Crippen LogP contribution >= 0.6 is 0 Å². The molecule has 1 rings (SSSR count). The predicted octanol–water partition coefficient (Wildman–Crippen LogP) is 1.94. The molecule has 0 aromatic rings. The molecular formula is C13H22N2O3. The van der Waals surface area contributed by atoms with Crippen molar-refractivity contribution in [2.75, 3.05) is 19.6 Å². The van der Waals surface area contributed by atoms with Crippen LogP contribution in [-0.4, -0.2) is 52.1 Å². The lowest BCUT2D eigenvalue weighted by Crippen LogP contribution is -2.55. The van der Waals surface area contributed by atoms with Gasteiger partial charge in [-0.3, -0.25) is 0 Å². The standard InChI is InChI=1S/C13H22N2O3/c1-5-14(9-10(2)3)12(18)15-8-6-7-13(15,4)11(16)17/h2,5-9H2,1,3-4H3,(H,16,17). The number of hydrogen-bond donors (Lipinski definition) is 1. The number of carboxylic acid groups (broad SMARTS) is 1. The van der Waals surface area contributed by atoms with Crippen molar-refractivity contribution in [2.45, 2.75) is 39.2 Å². The Morgan fingerprint density at radius 3 is 2.56 bits per heavy atom. The third kappa shape index (κ3) is 2.66. The van der Waals surface area contributed by atoms with Crippen LogP contribution in [0.15, 0.2) is 12.2 Å². The van der Waals surface area contributed by atoms with Gasteiger partial charge in [0.25, 0.3) is 0 Å². The number of carboxylic acids is 1. The van der Waals surface area contributed by atoms with Gasteiger partial charge in [-0.1, -0.05) is 12.2 Å². The minimum Gasteiger partial charge on any atom is -0.480 e. The van der Waals surface area contributed by atoms with E-state index in [9.17, 15) is 14.7 Å². The van der Waals surface area contributed by atoms with Gasteiger partial charge in [0, 0.05) is 19.6 Å². The van der Waals surface area contributed by atoms with Gasteiger partial charge in [-0.25, -0.2) is 9.59 Å². The molecule has 0 spiro atoms. The molecular weight excluding hydrogens is 232 g/mol. The van der Waals surface area contributed by atoms with Crippen molar-refractivity contribution in [1.82, 2.24) is 9.80 Å². The number of likely N-dealkylation sites (N-methyl/N-ethyl adjacent to an activating group) is 1. The van der Waals surface area contributed by atoms with Gasteiger partial charge in [-0.2, -0.15) is 0 Å². The first kappa shape index (κ1) is 14.5. The van der Waals surface area contributed by atoms with E-state index < -0.39 is 11.5 Å². The van der Waals surface area contributed by atoms with Crippen LogP contribution in [0.5, 0.6) is 0 Å². The van der Waals surface area contributed by atoms with E-state index in [0.717, 1.165) is 12.0 Å². The Bertz CT molecular complexity index is 367. The highest BCUT2D eigenvalue weighted by Gasteiger charge is 2.46. The molecule has 102 valence electrons. The van der Waals surface area contributed by atoms with Crippen LogP contribution in [0.3, 0.4) is 0 Å². The first-order valence-corrected chi connectivity index (χ1v) is 6.27. The molecule has 5 heteroatoms. The molecule has 1 unspecified atom stereocenters. The number of likely N-dealkylation sites (tertiary alicyclic amines) is 1. The van der Waals surface area contributed by atoms with E-state index in [1.165, 1.54) is 4.90 Å². The van der Waals surface area contributed by atoms with Crippen LogP contribution in [0, 0.1) is 0 Å². The summed E-state index contributed by atoms with van der Waals surface area (Å²) in [7, 11) is 0. The van der Waals surface area contributed by atoms with Crippen LogP contribution in [-0.2, 0) is 4.79 Å². The average Bonchev–Trinajstić information content (AvgIpc) is 2.68. The molecule has 0 bridgehead atoms. The minimum absolute atomic E-state index is 0.206. The summed E-state index contributed by atoms with van der Waals surface area (Å²) in [6.45, 7) is 10.7. The van der Waals surface area contributed by atoms with E-state index in [0.29, 0.717) is 26.1 Å². The zero-order chi connectivity index (χ0) is 13.9. The normalized spacial score (nSPS) is 22.9. The molecule has 5 nitrogen and oxygen atoms in total. The molecule has 0 aromatic carbocycles. The summed E-state index contributed by atoms with van der Waals surface area (Å²) >= 11 is 0. The van der Waals surface area contributed by atoms with Crippen LogP contribution < -0.4 is 0 Å². The van der Waals surface area contributed by atoms with Crippen molar-refractivity contribution in [3.05, 3.63) is 12.2 Å². The lowest BCUT2D eigenvalue weighted by Gasteiger charge is -2.35. The predicted molar refractivity (Wildman–Crippen MR) is 69.4 cm³/mol. The fourth-order valence-electron chi connectivity index (χ4n) is 2.30. The number of aliphatic carboxylic acids is 1. The van der Waals surface area contributed by atoms with Crippen LogP contribution in [0.2, 0.25) is 0 Å². The topological polar surface area (TPSA) is 60.9 Å². The first-order chi connectivity index (χ1) is 8.32. The third-order valence-electron chi connectivity index (χ3n) is 3.45. The number of urea groups is 1. The number of hydrogen-bond acceptors (Lipinski definition) is 2. The second kappa shape index (κ2) is 5.42. The van der Waals surface area contributed by atoms with E-state index >= 15 is 0 Å². The molecule has 0 radical (unpaired) electrons. The van der Waals surface area contributed by atoms with E-state index in [2.05, 4.69) is 6.58 Å². The molecule has 1 heterocycles. The Morgan fingerprint density at radius 2 is 2.11 bits per heavy atom. The number of carbonyl (C=O) groups excluding carboxylic acids is 1. The molecule has 1 fully saturated rings. The van der Waals surface area contributed by atoms with Gasteiger partial charge < -0.3 is 14.9 Å². The number of carbonyl (C=O) groups is 2. The molecule has 1 saturated heterocycles. The Morgan fingerprint density at radius 1 is 1.50 bits per heavy atom. The first-order valence-electron chi connectivity index (χ1n) is 6.27. The quantitative estimate of drug-likeness (QED) is 0.780. The number of rotatable bonds is 4. The van der Waals surface area contributed by atoms with Gasteiger partial charge >= 0.3 is 12.0 Å². The van der Waals surface area contributed by atoms with E-state index in [1.54, 1.807) is 11.8 Å². The Hall–Kier alpha value is -1.52. The van der Waals surface area contributed by atoms with Crippen molar-refractivity contribution >= 4 is 12.0 Å². The van der Waals surface area contributed by atoms with E-state index in [4.69, 9.17) is 0 Å². The summed E-state index contributed by atoms with van der Waals surface area (Å²) in [5, 5.41) is 9.30. The molecule has 1 atom stereocenters. The lowest BCUT2D eigenvalue weighted by atomic mass is 10.00. The Labute approximate surface area is 108 Å². The molecule has 0 aromatic heterocycles. The molecule has 0 aliphatic carbocycles. The lowest BCUT2D eigenvalue weighted by molar-refractivity contribution is -0.147. The van der Waals surface area contributed by atoms with E-state index in [1.807, 2.05) is 13.8 Å². The fraction of sp³-hybridized carbons (Fsp3) is 0.692. The van der Waals surface area contributed by atoms with E-state index in [-0.39, 0.29) is 6.03 Å². The van der Waals surface area contributed by atoms with Crippen LogP contribution in [0.4, 0.5) is 4.79 Å². The van der Waals surface area contributed by atoms with Crippen LogP contribution in [0.25, 0.3) is 0 Å². The maximum Gasteiger partial charge on any atom is 0.329 e. The zero-order valence-electron chi connectivity index (χ0n) is 11.4. The third-order valence-corrected chi connectivity index (χ3v) is 3.45. The SMILES string of the molecule is C=C(C)CN(CC)C(=O)N1CCCC1(C)C(=O)O. The Balaban J connectivity index is 2.88. The number of amides is 2. The van der Waals surface area contributed by atoms with Crippen molar-refractivity contribution in [3.8, 4) is 0 Å². The van der Waals surface area contributed by atoms with Crippen molar-refractivity contribution in [1.29, 1.82) is 0 Å². The molecule has 2 amide bonds. The minimum atomic E-state index is -1.07. The molecule has 1 N–H and O–H groups in total. The maximum atomic E-state index is 12.4. The summed E-state index contributed by atoms with van der Waals surface area (Å²) in [4.78, 5) is 26.8. The fourth-order valence-corrected chi connectivity index (χ4v) is 2.30. The average molecular weight is 254 g/mol. The van der Waals surface area contributed by atoms with Crippen molar-refractivity contribution in [2.24, 2.45) is 0 Å². The summed E-state index contributed by atoms with van der Waals surface area (Å²) in [6, 6.07) is -0.206. The monoisotopic (exact) mass is 254 g/mol. The van der Waals surface area contributed by atoms with Crippen LogP contribution in [0.1, 0.15) is 33.6 Å². The summed E-state index contributed by atoms with van der Waals surface area (Å²) < 4.78 is 0. The molecule has 1 aliphatic heterocycles. The van der Waals surface area contributed by atoms with Gasteiger partial charge in [-0.05, 0) is 33.6 Å². The van der Waals surface area contributed by atoms with Crippen molar-refractivity contribution < 1.29 is 14.7 Å². The molecule has 0 saturated carbocycles. The van der Waals surface area contributed by atoms with Crippen molar-refractivity contribution in [3.63, 3.8) is 0 Å². The van der Waals surface area contributed by atoms with Gasteiger partial charge in [-0.15, -0.1) is 0 Å². The highest BCUT2D eigenvalue weighted by Crippen LogP contribution is 2.30. The van der Waals surface area contributed by atoms with Gasteiger partial charge in [0.1, 0.15) is 5.54 Å². The summed E-state index contributed by atoms with van der Waals surface area (Å²) in [5.74, 6) is -0.931. The smallest absolute Gasteiger partial charge is 0.329 e. The highest BCUT2D eigenvalue weighted by molar-refractivity contribution is 5.86. The molecule has 18 heavy (non-hydrogen) atoms. The maximum absolute atomic E-state index is 12.4. The second-order valence-electron chi connectivity index (χ2n) is 5.09. The zero-order valence-corrected chi connectivity index (χ0v) is 11.4.